The maximum absolute atomic E-state index is 6.29. The van der Waals surface area contributed by atoms with Gasteiger partial charge in [0.05, 0.1) is 11.6 Å². The normalized spacial score (nSPS) is 20.7. The van der Waals surface area contributed by atoms with Crippen LogP contribution < -0.4 is 5.73 Å². The number of hydrogen-bond donors (Lipinski definition) is 1. The molecule has 1 unspecified atom stereocenters. The van der Waals surface area contributed by atoms with Crippen molar-refractivity contribution in [2.75, 3.05) is 6.61 Å². The summed E-state index contributed by atoms with van der Waals surface area (Å²) in [6.07, 6.45) is 8.59. The Balaban J connectivity index is 2.64. The van der Waals surface area contributed by atoms with E-state index in [9.17, 15) is 0 Å². The molecule has 1 aliphatic carbocycles. The third kappa shape index (κ3) is 3.62. The Morgan fingerprint density at radius 3 is 2.80 bits per heavy atom. The molecule has 0 bridgehead atoms. The molecule has 1 rings (SSSR count). The van der Waals surface area contributed by atoms with E-state index in [2.05, 4.69) is 19.9 Å². The zero-order valence-corrected chi connectivity index (χ0v) is 10.4. The van der Waals surface area contributed by atoms with Crippen LogP contribution in [0.2, 0.25) is 0 Å². The van der Waals surface area contributed by atoms with Crippen LogP contribution in [0.3, 0.4) is 0 Å². The molecule has 88 valence electrons. The van der Waals surface area contributed by atoms with E-state index in [-0.39, 0.29) is 11.6 Å². The molecule has 2 heteroatoms. The maximum Gasteiger partial charge on any atom is 0.0814 e. The van der Waals surface area contributed by atoms with E-state index in [1.807, 2.05) is 6.92 Å². The lowest BCUT2D eigenvalue weighted by molar-refractivity contribution is -0.0216. The highest BCUT2D eigenvalue weighted by Gasteiger charge is 2.29. The molecular weight excluding hydrogens is 186 g/mol. The zero-order chi connectivity index (χ0) is 11.3. The summed E-state index contributed by atoms with van der Waals surface area (Å²) < 4.78 is 5.72. The van der Waals surface area contributed by atoms with Crippen LogP contribution in [0.25, 0.3) is 0 Å². The molecule has 0 heterocycles. The van der Waals surface area contributed by atoms with Gasteiger partial charge in [-0.15, -0.1) is 0 Å². The smallest absolute Gasteiger partial charge is 0.0814 e. The van der Waals surface area contributed by atoms with Crippen molar-refractivity contribution in [3.05, 3.63) is 11.6 Å². The summed E-state index contributed by atoms with van der Waals surface area (Å²) in [5.74, 6) is 0. The number of nitrogens with two attached hydrogens (primary N) is 1. The Morgan fingerprint density at radius 2 is 2.13 bits per heavy atom. The van der Waals surface area contributed by atoms with Gasteiger partial charge in [-0.1, -0.05) is 18.1 Å². The number of ether oxygens (including phenoxy) is 1. The Morgan fingerprint density at radius 1 is 1.40 bits per heavy atom. The van der Waals surface area contributed by atoms with Gasteiger partial charge >= 0.3 is 0 Å². The molecule has 15 heavy (non-hydrogen) atoms. The van der Waals surface area contributed by atoms with Crippen molar-refractivity contribution < 1.29 is 4.74 Å². The molecule has 2 N–H and O–H groups in total. The van der Waals surface area contributed by atoms with Gasteiger partial charge in [0.25, 0.3) is 0 Å². The fourth-order valence-corrected chi connectivity index (χ4v) is 2.23. The summed E-state index contributed by atoms with van der Waals surface area (Å²) in [5.41, 5.74) is 7.45. The molecule has 0 aliphatic heterocycles. The van der Waals surface area contributed by atoms with Crippen LogP contribution in [0.4, 0.5) is 0 Å². The lowest BCUT2D eigenvalue weighted by Gasteiger charge is -2.33. The molecule has 0 aromatic carbocycles. The van der Waals surface area contributed by atoms with E-state index >= 15 is 0 Å². The molecule has 0 fully saturated rings. The highest BCUT2D eigenvalue weighted by molar-refractivity contribution is 5.16. The van der Waals surface area contributed by atoms with Gasteiger partial charge in [-0.3, -0.25) is 0 Å². The van der Waals surface area contributed by atoms with Gasteiger partial charge in [-0.2, -0.15) is 0 Å². The minimum atomic E-state index is -0.231. The van der Waals surface area contributed by atoms with Crippen molar-refractivity contribution in [3.8, 4) is 0 Å². The predicted octanol–water partition coefficient (Wildman–Crippen LogP) is 3.02. The van der Waals surface area contributed by atoms with Gasteiger partial charge in [-0.25, -0.2) is 0 Å². The highest BCUT2D eigenvalue weighted by atomic mass is 16.5. The fourth-order valence-electron chi connectivity index (χ4n) is 2.23. The van der Waals surface area contributed by atoms with E-state index in [1.165, 1.54) is 31.3 Å². The molecule has 0 spiro atoms. The first kappa shape index (κ1) is 12.7. The average Bonchev–Trinajstić information content (AvgIpc) is 2.44. The van der Waals surface area contributed by atoms with Crippen LogP contribution in [-0.4, -0.2) is 18.2 Å². The van der Waals surface area contributed by atoms with Crippen LogP contribution in [0, 0.1) is 0 Å². The van der Waals surface area contributed by atoms with Crippen LogP contribution >= 0.6 is 0 Å². The third-order valence-corrected chi connectivity index (χ3v) is 3.24. The van der Waals surface area contributed by atoms with Crippen molar-refractivity contribution in [3.63, 3.8) is 0 Å². The predicted molar refractivity (Wildman–Crippen MR) is 64.8 cm³/mol. The molecule has 2 nitrogen and oxygen atoms in total. The van der Waals surface area contributed by atoms with Crippen molar-refractivity contribution in [2.24, 2.45) is 5.73 Å². The van der Waals surface area contributed by atoms with Crippen molar-refractivity contribution in [2.45, 2.75) is 64.5 Å². The maximum atomic E-state index is 6.29. The first-order valence-corrected chi connectivity index (χ1v) is 6.16. The molecule has 0 aromatic rings. The topological polar surface area (TPSA) is 35.2 Å². The van der Waals surface area contributed by atoms with Crippen LogP contribution in [0.5, 0.6) is 0 Å². The minimum absolute atomic E-state index is 0.0514. The molecular formula is C13H25NO. The van der Waals surface area contributed by atoms with Crippen molar-refractivity contribution in [1.82, 2.24) is 0 Å². The second-order valence-corrected chi connectivity index (χ2v) is 4.89. The van der Waals surface area contributed by atoms with E-state index < -0.39 is 0 Å². The van der Waals surface area contributed by atoms with Gasteiger partial charge in [0, 0.05) is 6.61 Å². The van der Waals surface area contributed by atoms with Gasteiger partial charge in [0.2, 0.25) is 0 Å². The summed E-state index contributed by atoms with van der Waals surface area (Å²) >= 11 is 0. The summed E-state index contributed by atoms with van der Waals surface area (Å²) in [4.78, 5) is 0. The molecule has 1 atom stereocenters. The molecule has 0 amide bonds. The van der Waals surface area contributed by atoms with Crippen molar-refractivity contribution >= 4 is 0 Å². The number of hydrogen-bond acceptors (Lipinski definition) is 2. The Hall–Kier alpha value is -0.340. The lowest BCUT2D eigenvalue weighted by Crippen LogP contribution is -2.46. The SMILES string of the molecule is CCOC(C)(C)C(N)C1=CCCCCC1. The van der Waals surface area contributed by atoms with Gasteiger partial charge in [0.1, 0.15) is 0 Å². The first-order chi connectivity index (χ1) is 7.08. The summed E-state index contributed by atoms with van der Waals surface area (Å²) in [6.45, 7) is 6.93. The van der Waals surface area contributed by atoms with Crippen molar-refractivity contribution in [1.29, 1.82) is 0 Å². The highest BCUT2D eigenvalue weighted by Crippen LogP contribution is 2.26. The van der Waals surface area contributed by atoms with Crippen LogP contribution in [0.1, 0.15) is 52.9 Å². The van der Waals surface area contributed by atoms with Gasteiger partial charge in [0.15, 0.2) is 0 Å². The molecule has 0 aromatic heterocycles. The summed E-state index contributed by atoms with van der Waals surface area (Å²) in [6, 6.07) is 0.0514. The Bertz CT molecular complexity index is 221. The van der Waals surface area contributed by atoms with E-state index in [0.29, 0.717) is 0 Å². The standard InChI is InChI=1S/C13H25NO/c1-4-15-13(2,3)12(14)11-9-7-5-6-8-10-11/h9,12H,4-8,10,14H2,1-3H3. The molecule has 0 saturated heterocycles. The van der Waals surface area contributed by atoms with Gasteiger partial charge in [-0.05, 0) is 46.5 Å². The second-order valence-electron chi connectivity index (χ2n) is 4.89. The number of allylic oxidation sites excluding steroid dienone is 1. The summed E-state index contributed by atoms with van der Waals surface area (Å²) in [5, 5.41) is 0. The largest absolute Gasteiger partial charge is 0.374 e. The third-order valence-electron chi connectivity index (χ3n) is 3.24. The molecule has 1 aliphatic rings. The van der Waals surface area contributed by atoms with E-state index in [1.54, 1.807) is 0 Å². The number of rotatable bonds is 4. The summed E-state index contributed by atoms with van der Waals surface area (Å²) in [7, 11) is 0. The Kier molecular flexibility index (Phi) is 4.81. The fraction of sp³-hybridized carbons (Fsp3) is 0.846. The second kappa shape index (κ2) is 5.66. The molecule has 0 saturated carbocycles. The van der Waals surface area contributed by atoms with Gasteiger partial charge < -0.3 is 10.5 Å². The monoisotopic (exact) mass is 211 g/mol. The van der Waals surface area contributed by atoms with E-state index in [0.717, 1.165) is 13.0 Å². The van der Waals surface area contributed by atoms with E-state index in [4.69, 9.17) is 10.5 Å². The minimum Gasteiger partial charge on any atom is -0.374 e. The first-order valence-electron chi connectivity index (χ1n) is 6.16. The zero-order valence-electron chi connectivity index (χ0n) is 10.4. The molecule has 0 radical (unpaired) electrons. The van der Waals surface area contributed by atoms with Crippen LogP contribution in [0.15, 0.2) is 11.6 Å². The Labute approximate surface area is 93.9 Å². The quantitative estimate of drug-likeness (QED) is 0.725. The van der Waals surface area contributed by atoms with Crippen LogP contribution in [-0.2, 0) is 4.74 Å². The lowest BCUT2D eigenvalue weighted by atomic mass is 9.89. The average molecular weight is 211 g/mol.